The van der Waals surface area contributed by atoms with E-state index in [1.807, 2.05) is 58.1 Å². The Kier molecular flexibility index (Phi) is 7.37. The fourth-order valence-electron chi connectivity index (χ4n) is 4.70. The van der Waals surface area contributed by atoms with Crippen LogP contribution in [-0.4, -0.2) is 78.1 Å². The molecular formula is C26H33N7O2S. The van der Waals surface area contributed by atoms with E-state index in [-0.39, 0.29) is 6.04 Å². The van der Waals surface area contributed by atoms with E-state index in [1.54, 1.807) is 28.8 Å². The third-order valence-corrected chi connectivity index (χ3v) is 8.69. The van der Waals surface area contributed by atoms with Crippen LogP contribution in [0.5, 0.6) is 0 Å². The summed E-state index contributed by atoms with van der Waals surface area (Å²) in [5.74, 6) is 0.634. The van der Waals surface area contributed by atoms with Crippen molar-refractivity contribution in [2.45, 2.75) is 37.6 Å². The first kappa shape index (κ1) is 25.7. The number of piperidine rings is 1. The maximum absolute atomic E-state index is 13.3. The lowest BCUT2D eigenvalue weighted by Crippen LogP contribution is -2.46. The van der Waals surface area contributed by atoms with Crippen molar-refractivity contribution >= 4 is 32.6 Å². The van der Waals surface area contributed by atoms with Gasteiger partial charge in [0.1, 0.15) is 16.7 Å². The Morgan fingerprint density at radius 1 is 1.06 bits per heavy atom. The molecule has 9 nitrogen and oxygen atoms in total. The van der Waals surface area contributed by atoms with Gasteiger partial charge in [0.25, 0.3) is 0 Å². The maximum atomic E-state index is 13.3. The minimum absolute atomic E-state index is 0.0953. The van der Waals surface area contributed by atoms with Crippen molar-refractivity contribution in [3.63, 3.8) is 0 Å². The third kappa shape index (κ3) is 4.83. The summed E-state index contributed by atoms with van der Waals surface area (Å²) < 4.78 is 28.2. The zero-order chi connectivity index (χ0) is 26.0. The van der Waals surface area contributed by atoms with Crippen molar-refractivity contribution in [2.24, 2.45) is 0 Å². The zero-order valence-corrected chi connectivity index (χ0v) is 22.3. The molecule has 0 unspecified atom stereocenters. The zero-order valence-electron chi connectivity index (χ0n) is 21.5. The van der Waals surface area contributed by atoms with Crippen LogP contribution >= 0.6 is 0 Å². The second kappa shape index (κ2) is 10.3. The molecule has 0 amide bonds. The number of allylic oxidation sites excluding steroid dienone is 2. The minimum atomic E-state index is -3.54. The number of aryl methyl sites for hydroxylation is 2. The average molecular weight is 508 g/mol. The number of hydrogen-bond acceptors (Lipinski definition) is 8. The number of nitrogens with zero attached hydrogens (tertiary/aromatic N) is 7. The van der Waals surface area contributed by atoms with E-state index < -0.39 is 10.0 Å². The molecule has 4 rings (SSSR count). The molecule has 1 aromatic carbocycles. The molecule has 0 radical (unpaired) electrons. The molecule has 2 aromatic heterocycles. The molecular weight excluding hydrogens is 474 g/mol. The van der Waals surface area contributed by atoms with Crippen LogP contribution in [0.15, 0.2) is 54.2 Å². The number of hydrogen-bond donors (Lipinski definition) is 0. The topological polar surface area (TPSA) is 95.4 Å². The molecule has 0 N–H and O–H groups in total. The van der Waals surface area contributed by atoms with E-state index in [1.165, 1.54) is 0 Å². The van der Waals surface area contributed by atoms with Gasteiger partial charge in [0.2, 0.25) is 10.0 Å². The first-order valence-corrected chi connectivity index (χ1v) is 13.4. The quantitative estimate of drug-likeness (QED) is 0.449. The number of aromatic nitrogens is 4. The number of fused-ring (bicyclic) bond motifs is 1. The van der Waals surface area contributed by atoms with Gasteiger partial charge in [-0.2, -0.15) is 4.31 Å². The fraction of sp³-hybridized carbons (Fsp3) is 0.385. The summed E-state index contributed by atoms with van der Waals surface area (Å²) in [7, 11) is 2.28. The molecule has 190 valence electrons. The van der Waals surface area contributed by atoms with Gasteiger partial charge in [-0.25, -0.2) is 13.4 Å². The molecule has 1 aliphatic rings. The summed E-state index contributed by atoms with van der Waals surface area (Å²) in [6, 6.07) is 5.57. The Hall–Kier alpha value is -3.37. The van der Waals surface area contributed by atoms with Crippen LogP contribution in [0.1, 0.15) is 29.7 Å². The lowest BCUT2D eigenvalue weighted by molar-refractivity contribution is 0.314. The molecule has 1 saturated heterocycles. The highest BCUT2D eigenvalue weighted by Crippen LogP contribution is 2.31. The second-order valence-electron chi connectivity index (χ2n) is 9.32. The highest BCUT2D eigenvalue weighted by Gasteiger charge is 2.33. The third-order valence-electron chi connectivity index (χ3n) is 6.63. The monoisotopic (exact) mass is 507 g/mol. The van der Waals surface area contributed by atoms with E-state index in [9.17, 15) is 8.42 Å². The predicted octanol–water partition coefficient (Wildman–Crippen LogP) is 3.41. The van der Waals surface area contributed by atoms with E-state index in [0.717, 1.165) is 16.8 Å². The van der Waals surface area contributed by atoms with Crippen LogP contribution in [0.4, 0.5) is 5.82 Å². The van der Waals surface area contributed by atoms with Crippen LogP contribution in [0.2, 0.25) is 0 Å². The molecule has 0 bridgehead atoms. The molecule has 0 atom stereocenters. The van der Waals surface area contributed by atoms with Crippen LogP contribution in [0, 0.1) is 13.8 Å². The Labute approximate surface area is 213 Å². The molecule has 3 aromatic rings. The summed E-state index contributed by atoms with van der Waals surface area (Å²) in [5, 5.41) is 9.06. The minimum Gasteiger partial charge on any atom is -0.376 e. The molecule has 1 aliphatic heterocycles. The van der Waals surface area contributed by atoms with Crippen LogP contribution < -0.4 is 4.90 Å². The lowest BCUT2D eigenvalue weighted by Gasteiger charge is -2.36. The normalized spacial score (nSPS) is 15.8. The highest BCUT2D eigenvalue weighted by molar-refractivity contribution is 7.89. The van der Waals surface area contributed by atoms with Gasteiger partial charge in [0, 0.05) is 52.7 Å². The second-order valence-corrected chi connectivity index (χ2v) is 11.2. The Morgan fingerprint density at radius 2 is 1.72 bits per heavy atom. The van der Waals surface area contributed by atoms with Gasteiger partial charge in [-0.1, -0.05) is 30.4 Å². The van der Waals surface area contributed by atoms with Crippen molar-refractivity contribution in [2.75, 3.05) is 39.1 Å². The molecule has 0 aliphatic carbocycles. The van der Waals surface area contributed by atoms with Crippen LogP contribution in [0.25, 0.3) is 16.7 Å². The Bertz CT molecular complexity index is 1410. The molecule has 3 heterocycles. The first-order valence-electron chi connectivity index (χ1n) is 11.9. The van der Waals surface area contributed by atoms with Gasteiger partial charge >= 0.3 is 0 Å². The summed E-state index contributed by atoms with van der Waals surface area (Å²) in [6.45, 7) is 8.49. The van der Waals surface area contributed by atoms with Gasteiger partial charge in [-0.15, -0.1) is 10.2 Å². The van der Waals surface area contributed by atoms with Crippen molar-refractivity contribution in [1.29, 1.82) is 0 Å². The summed E-state index contributed by atoms with van der Waals surface area (Å²) >= 11 is 0. The van der Waals surface area contributed by atoms with Gasteiger partial charge in [0.15, 0.2) is 5.82 Å². The van der Waals surface area contributed by atoms with E-state index >= 15 is 0 Å². The van der Waals surface area contributed by atoms with Crippen LogP contribution in [-0.2, 0) is 10.0 Å². The number of rotatable bonds is 7. The van der Waals surface area contributed by atoms with Crippen molar-refractivity contribution < 1.29 is 8.42 Å². The predicted molar refractivity (Wildman–Crippen MR) is 143 cm³/mol. The largest absolute Gasteiger partial charge is 0.376 e. The van der Waals surface area contributed by atoms with Crippen molar-refractivity contribution in [1.82, 2.24) is 29.4 Å². The number of anilines is 1. The maximum Gasteiger partial charge on any atom is 0.243 e. The average Bonchev–Trinajstić information content (AvgIpc) is 2.86. The van der Waals surface area contributed by atoms with E-state index in [0.29, 0.717) is 53.4 Å². The molecule has 10 heteroatoms. The Morgan fingerprint density at radius 3 is 2.33 bits per heavy atom. The lowest BCUT2D eigenvalue weighted by atomic mass is 10.1. The standard InChI is InChI=1S/C26H33N7O2S/c1-7-8-21(31(4)5)23-24-25(28-14-13-27-24)26(30-29-23)32(6)20-11-15-33(16-12-20)36(34,35)22-10-9-18(2)17-19(22)3/h7-10,13-14,17,20H,1,11-12,15-16H2,2-6H3/b21-8-. The van der Waals surface area contributed by atoms with Gasteiger partial charge in [0.05, 0.1) is 10.6 Å². The van der Waals surface area contributed by atoms with Gasteiger partial charge in [-0.3, -0.25) is 4.98 Å². The molecule has 1 fully saturated rings. The number of benzene rings is 1. The summed E-state index contributed by atoms with van der Waals surface area (Å²) in [4.78, 5) is 13.5. The summed E-state index contributed by atoms with van der Waals surface area (Å²) in [5.41, 5.74) is 4.61. The van der Waals surface area contributed by atoms with Crippen molar-refractivity contribution in [3.05, 3.63) is 66.1 Å². The van der Waals surface area contributed by atoms with Gasteiger partial charge < -0.3 is 9.80 Å². The van der Waals surface area contributed by atoms with E-state index in [4.69, 9.17) is 0 Å². The summed E-state index contributed by atoms with van der Waals surface area (Å²) in [6.07, 6.45) is 8.22. The van der Waals surface area contributed by atoms with Crippen LogP contribution in [0.3, 0.4) is 0 Å². The first-order chi connectivity index (χ1) is 17.1. The highest BCUT2D eigenvalue weighted by atomic mass is 32.2. The molecule has 0 saturated carbocycles. The SMILES string of the molecule is C=C/C=C(/c1nnc(N(C)C2CCN(S(=O)(=O)c3ccc(C)cc3C)CC2)c2nccnc12)N(C)C. The molecule has 36 heavy (non-hydrogen) atoms. The smallest absolute Gasteiger partial charge is 0.243 e. The van der Waals surface area contributed by atoms with Gasteiger partial charge in [-0.05, 0) is 44.4 Å². The fourth-order valence-corrected chi connectivity index (χ4v) is 6.37. The Balaban J connectivity index is 1.58. The molecule has 0 spiro atoms. The van der Waals surface area contributed by atoms with Crippen molar-refractivity contribution in [3.8, 4) is 0 Å². The van der Waals surface area contributed by atoms with E-state index in [2.05, 4.69) is 31.6 Å². The number of sulfonamides is 1.